The zero-order valence-electron chi connectivity index (χ0n) is 13.1. The maximum atomic E-state index is 12.5. The van der Waals surface area contributed by atoms with E-state index >= 15 is 0 Å². The largest absolute Gasteiger partial charge is 0.406 e. The minimum absolute atomic E-state index is 0.186. The van der Waals surface area contributed by atoms with Crippen molar-refractivity contribution in [2.24, 2.45) is 0 Å². The second-order valence-corrected chi connectivity index (χ2v) is 6.49. The fourth-order valence-electron chi connectivity index (χ4n) is 3.61. The quantitative estimate of drug-likeness (QED) is 0.923. The van der Waals surface area contributed by atoms with Crippen LogP contribution in [0, 0.1) is 6.92 Å². The van der Waals surface area contributed by atoms with Gasteiger partial charge in [-0.25, -0.2) is 0 Å². The van der Waals surface area contributed by atoms with Crippen molar-refractivity contribution in [1.82, 2.24) is 20.0 Å². The van der Waals surface area contributed by atoms with Gasteiger partial charge in [0.1, 0.15) is 6.54 Å². The molecule has 0 aromatic carbocycles. The summed E-state index contributed by atoms with van der Waals surface area (Å²) in [7, 11) is 0. The summed E-state index contributed by atoms with van der Waals surface area (Å²) in [6.07, 6.45) is -1.93. The highest BCUT2D eigenvalue weighted by Gasteiger charge is 2.42. The molecule has 0 unspecified atom stereocenters. The normalized spacial score (nSPS) is 27.0. The van der Waals surface area contributed by atoms with Gasteiger partial charge in [0, 0.05) is 24.7 Å². The van der Waals surface area contributed by atoms with Crippen LogP contribution in [0.5, 0.6) is 0 Å². The van der Waals surface area contributed by atoms with E-state index in [1.165, 1.54) is 0 Å². The molecule has 1 N–H and O–H groups in total. The minimum Gasteiger partial charge on any atom is -0.332 e. The summed E-state index contributed by atoms with van der Waals surface area (Å²) in [5.41, 5.74) is 1.97. The van der Waals surface area contributed by atoms with Crippen molar-refractivity contribution in [3.63, 3.8) is 0 Å². The smallest absolute Gasteiger partial charge is 0.332 e. The van der Waals surface area contributed by atoms with E-state index in [9.17, 15) is 18.0 Å². The van der Waals surface area contributed by atoms with Gasteiger partial charge in [-0.15, -0.1) is 0 Å². The fourth-order valence-corrected chi connectivity index (χ4v) is 3.61. The summed E-state index contributed by atoms with van der Waals surface area (Å²) in [6, 6.07) is 1.58. The van der Waals surface area contributed by atoms with Crippen molar-refractivity contribution >= 4 is 5.91 Å². The number of hydrogen-bond acceptors (Lipinski definition) is 3. The topological polar surface area (TPSA) is 52.2 Å². The number of hydrogen-bond donors (Lipinski definition) is 1. The number of carbonyl (C=O) groups excluding carboxylic acids is 1. The molecular weight excluding hydrogens is 309 g/mol. The van der Waals surface area contributed by atoms with Crippen LogP contribution in [-0.4, -0.2) is 64.3 Å². The van der Waals surface area contributed by atoms with Gasteiger partial charge in [0.25, 0.3) is 0 Å². The first-order chi connectivity index (χ1) is 10.8. The number of piperidine rings is 1. The molecule has 0 aliphatic carbocycles. The van der Waals surface area contributed by atoms with Crippen molar-refractivity contribution in [1.29, 1.82) is 0 Å². The predicted molar refractivity (Wildman–Crippen MR) is 77.9 cm³/mol. The lowest BCUT2D eigenvalue weighted by Crippen LogP contribution is -2.47. The number of rotatable bonds is 3. The molecule has 23 heavy (non-hydrogen) atoms. The molecule has 2 fully saturated rings. The first-order valence-corrected chi connectivity index (χ1v) is 7.95. The third-order valence-electron chi connectivity index (χ3n) is 4.68. The maximum Gasteiger partial charge on any atom is 0.406 e. The van der Waals surface area contributed by atoms with Gasteiger partial charge in [-0.2, -0.15) is 18.3 Å². The van der Waals surface area contributed by atoms with E-state index < -0.39 is 18.8 Å². The van der Waals surface area contributed by atoms with Gasteiger partial charge in [-0.05, 0) is 38.8 Å². The molecular formula is C15H21F3N4O. The van der Waals surface area contributed by atoms with Gasteiger partial charge in [0.2, 0.25) is 5.91 Å². The van der Waals surface area contributed by atoms with Gasteiger partial charge in [-0.3, -0.25) is 14.8 Å². The lowest BCUT2D eigenvalue weighted by atomic mass is 9.93. The Morgan fingerprint density at radius 3 is 2.78 bits per heavy atom. The Kier molecular flexibility index (Phi) is 4.35. The van der Waals surface area contributed by atoms with Crippen molar-refractivity contribution < 1.29 is 18.0 Å². The maximum absolute atomic E-state index is 12.5. The Balaban J connectivity index is 1.64. The molecule has 0 saturated carbocycles. The van der Waals surface area contributed by atoms with E-state index in [0.29, 0.717) is 13.0 Å². The van der Waals surface area contributed by atoms with Crippen LogP contribution in [0.25, 0.3) is 0 Å². The zero-order chi connectivity index (χ0) is 16.6. The number of aryl methyl sites for hydroxylation is 1. The van der Waals surface area contributed by atoms with Crippen molar-refractivity contribution in [2.75, 3.05) is 26.2 Å². The minimum atomic E-state index is -4.33. The van der Waals surface area contributed by atoms with E-state index in [4.69, 9.17) is 0 Å². The molecule has 2 atom stereocenters. The number of likely N-dealkylation sites (tertiary alicyclic amines) is 2. The third kappa shape index (κ3) is 3.68. The molecule has 2 saturated heterocycles. The molecule has 3 heterocycles. The molecule has 0 radical (unpaired) electrons. The molecule has 128 valence electrons. The molecule has 8 heteroatoms. The fraction of sp³-hybridized carbons (Fsp3) is 0.733. The highest BCUT2D eigenvalue weighted by molar-refractivity contribution is 5.84. The number of nitrogens with one attached hydrogen (secondary N) is 1. The van der Waals surface area contributed by atoms with Crippen LogP contribution >= 0.6 is 0 Å². The zero-order valence-corrected chi connectivity index (χ0v) is 13.1. The number of aromatic amines is 1. The summed E-state index contributed by atoms with van der Waals surface area (Å²) < 4.78 is 37.5. The Morgan fingerprint density at radius 2 is 2.13 bits per heavy atom. The highest BCUT2D eigenvalue weighted by atomic mass is 19.4. The monoisotopic (exact) mass is 330 g/mol. The van der Waals surface area contributed by atoms with Crippen molar-refractivity contribution in [3.8, 4) is 0 Å². The lowest BCUT2D eigenvalue weighted by molar-refractivity contribution is -0.159. The number of alkyl halides is 3. The predicted octanol–water partition coefficient (Wildman–Crippen LogP) is 2.06. The van der Waals surface area contributed by atoms with Crippen LogP contribution < -0.4 is 0 Å². The van der Waals surface area contributed by atoms with Gasteiger partial charge in [-0.1, -0.05) is 0 Å². The number of amides is 1. The van der Waals surface area contributed by atoms with Crippen LogP contribution in [0.15, 0.2) is 6.07 Å². The molecule has 1 aromatic heterocycles. The highest BCUT2D eigenvalue weighted by Crippen LogP contribution is 2.30. The molecule has 2 aliphatic heterocycles. The van der Waals surface area contributed by atoms with Crippen LogP contribution in [0.4, 0.5) is 13.2 Å². The van der Waals surface area contributed by atoms with Gasteiger partial charge < -0.3 is 4.90 Å². The van der Waals surface area contributed by atoms with E-state index in [0.717, 1.165) is 35.7 Å². The van der Waals surface area contributed by atoms with Crippen LogP contribution in [-0.2, 0) is 4.79 Å². The van der Waals surface area contributed by atoms with E-state index in [-0.39, 0.29) is 18.4 Å². The Hall–Kier alpha value is -1.57. The first kappa shape index (κ1) is 16.3. The van der Waals surface area contributed by atoms with Crippen LogP contribution in [0.3, 0.4) is 0 Å². The molecule has 3 rings (SSSR count). The first-order valence-electron chi connectivity index (χ1n) is 7.95. The van der Waals surface area contributed by atoms with Gasteiger partial charge in [0.15, 0.2) is 0 Å². The molecule has 1 aromatic rings. The number of nitrogens with zero attached hydrogens (tertiary/aromatic N) is 3. The number of aromatic nitrogens is 2. The third-order valence-corrected chi connectivity index (χ3v) is 4.68. The SMILES string of the molecule is Cc1cc([C@@H]2CCCN([C@H]3CCN(CC(F)(F)F)C3=O)C2)n[nH]1. The average Bonchev–Trinajstić information content (AvgIpc) is 3.05. The van der Waals surface area contributed by atoms with E-state index in [1.54, 1.807) is 0 Å². The van der Waals surface area contributed by atoms with E-state index in [1.807, 2.05) is 17.9 Å². The van der Waals surface area contributed by atoms with Crippen LogP contribution in [0.2, 0.25) is 0 Å². The summed E-state index contributed by atoms with van der Waals surface area (Å²) in [5, 5.41) is 7.21. The average molecular weight is 330 g/mol. The number of halogens is 3. The van der Waals surface area contributed by atoms with E-state index in [2.05, 4.69) is 10.2 Å². The molecule has 1 amide bonds. The molecule has 2 aliphatic rings. The Morgan fingerprint density at radius 1 is 1.35 bits per heavy atom. The standard InChI is InChI=1S/C15H21F3N4O/c1-10-7-12(20-19-10)11-3-2-5-21(8-11)13-4-6-22(14(13)23)9-15(16,17)18/h7,11,13H,2-6,8-9H2,1H3,(H,19,20)/t11-,13+/m1/s1. The molecule has 0 bridgehead atoms. The van der Waals surface area contributed by atoms with Gasteiger partial charge in [0.05, 0.1) is 11.7 Å². The number of H-pyrrole nitrogens is 1. The summed E-state index contributed by atoms with van der Waals surface area (Å²) in [6.45, 7) is 2.42. The summed E-state index contributed by atoms with van der Waals surface area (Å²) in [4.78, 5) is 15.3. The van der Waals surface area contributed by atoms with Gasteiger partial charge >= 0.3 is 6.18 Å². The van der Waals surface area contributed by atoms with Crippen molar-refractivity contribution in [3.05, 3.63) is 17.5 Å². The Labute approximate surface area is 132 Å². The summed E-state index contributed by atoms with van der Waals surface area (Å²) in [5.74, 6) is -0.153. The second-order valence-electron chi connectivity index (χ2n) is 6.49. The summed E-state index contributed by atoms with van der Waals surface area (Å²) >= 11 is 0. The molecule has 5 nitrogen and oxygen atoms in total. The lowest BCUT2D eigenvalue weighted by Gasteiger charge is -2.35. The second kappa shape index (κ2) is 6.14. The molecule has 0 spiro atoms. The Bertz CT molecular complexity index is 571. The van der Waals surface area contributed by atoms with Crippen LogP contribution in [0.1, 0.15) is 36.6 Å². The van der Waals surface area contributed by atoms with Crippen molar-refractivity contribution in [2.45, 2.75) is 44.3 Å². The number of carbonyl (C=O) groups is 1.